The van der Waals surface area contributed by atoms with Gasteiger partial charge in [0.1, 0.15) is 18.0 Å². The lowest BCUT2D eigenvalue weighted by molar-refractivity contribution is -0.122. The molecule has 1 aliphatic heterocycles. The van der Waals surface area contributed by atoms with Gasteiger partial charge in [0.15, 0.2) is 0 Å². The van der Waals surface area contributed by atoms with Crippen LogP contribution in [-0.2, 0) is 4.79 Å². The number of nitrogens with one attached hydrogen (secondary N) is 1. The topological polar surface area (TPSA) is 110 Å². The zero-order valence-corrected chi connectivity index (χ0v) is 12.0. The van der Waals surface area contributed by atoms with E-state index in [9.17, 15) is 4.79 Å². The minimum atomic E-state index is -0.208. The largest absolute Gasteiger partial charge is 0.369 e. The average molecular weight is 278 g/mol. The predicted molar refractivity (Wildman–Crippen MR) is 78.1 cm³/mol. The van der Waals surface area contributed by atoms with Crippen LogP contribution in [0, 0.1) is 5.92 Å². The van der Waals surface area contributed by atoms with Gasteiger partial charge >= 0.3 is 0 Å². The number of anilines is 2. The molecule has 1 saturated heterocycles. The van der Waals surface area contributed by atoms with Crippen LogP contribution >= 0.6 is 0 Å². The van der Waals surface area contributed by atoms with Crippen LogP contribution in [0.3, 0.4) is 0 Å². The molecule has 1 aliphatic rings. The lowest BCUT2D eigenvalue weighted by Gasteiger charge is -2.33. The molecule has 1 aromatic rings. The summed E-state index contributed by atoms with van der Waals surface area (Å²) >= 11 is 0. The lowest BCUT2D eigenvalue weighted by atomic mass is 9.95. The Balaban J connectivity index is 2.23. The highest BCUT2D eigenvalue weighted by atomic mass is 16.1. The van der Waals surface area contributed by atoms with E-state index in [1.54, 1.807) is 0 Å². The third kappa shape index (κ3) is 2.82. The molecule has 0 aromatic carbocycles. The summed E-state index contributed by atoms with van der Waals surface area (Å²) in [6, 6.07) is 0. The summed E-state index contributed by atoms with van der Waals surface area (Å²) in [5.74, 6) is 7.10. The smallest absolute Gasteiger partial charge is 0.220 e. The van der Waals surface area contributed by atoms with Gasteiger partial charge in [-0.1, -0.05) is 13.8 Å². The fourth-order valence-electron chi connectivity index (χ4n) is 2.66. The Kier molecular flexibility index (Phi) is 4.39. The van der Waals surface area contributed by atoms with Crippen molar-refractivity contribution in [2.75, 3.05) is 23.4 Å². The third-order valence-electron chi connectivity index (χ3n) is 3.77. The highest BCUT2D eigenvalue weighted by Gasteiger charge is 2.26. The van der Waals surface area contributed by atoms with Crippen molar-refractivity contribution in [3.63, 3.8) is 0 Å². The standard InChI is InChI=1S/C13H22N6O/c1-8(2)10-12(18-15)16-7-17-13(10)19-5-3-9(4-6-19)11(14)20/h7-9H,3-6,15H2,1-2H3,(H2,14,20)(H,16,17,18). The number of rotatable bonds is 4. The van der Waals surface area contributed by atoms with Crippen LogP contribution in [0.25, 0.3) is 0 Å². The number of hydrazine groups is 1. The Morgan fingerprint density at radius 2 is 2.05 bits per heavy atom. The van der Waals surface area contributed by atoms with E-state index >= 15 is 0 Å². The minimum absolute atomic E-state index is 0.0253. The zero-order chi connectivity index (χ0) is 14.7. The molecule has 7 nitrogen and oxygen atoms in total. The third-order valence-corrected chi connectivity index (χ3v) is 3.77. The van der Waals surface area contributed by atoms with Crippen molar-refractivity contribution < 1.29 is 4.79 Å². The van der Waals surface area contributed by atoms with Crippen molar-refractivity contribution in [1.29, 1.82) is 0 Å². The Morgan fingerprint density at radius 3 is 2.55 bits per heavy atom. The number of hydrogen-bond acceptors (Lipinski definition) is 6. The molecule has 0 atom stereocenters. The van der Waals surface area contributed by atoms with Crippen LogP contribution in [0.5, 0.6) is 0 Å². The summed E-state index contributed by atoms with van der Waals surface area (Å²) < 4.78 is 0. The maximum absolute atomic E-state index is 11.2. The molecule has 2 rings (SSSR count). The van der Waals surface area contributed by atoms with Gasteiger partial charge in [0.2, 0.25) is 5.91 Å². The number of nitrogens with zero attached hydrogens (tertiary/aromatic N) is 3. The highest BCUT2D eigenvalue weighted by molar-refractivity contribution is 5.77. The molecule has 5 N–H and O–H groups in total. The van der Waals surface area contributed by atoms with E-state index in [1.165, 1.54) is 6.33 Å². The van der Waals surface area contributed by atoms with Gasteiger partial charge < -0.3 is 16.1 Å². The van der Waals surface area contributed by atoms with Gasteiger partial charge in [-0.3, -0.25) is 4.79 Å². The van der Waals surface area contributed by atoms with Crippen molar-refractivity contribution in [3.8, 4) is 0 Å². The minimum Gasteiger partial charge on any atom is -0.369 e. The van der Waals surface area contributed by atoms with Crippen LogP contribution in [-0.4, -0.2) is 29.0 Å². The average Bonchev–Trinajstić information content (AvgIpc) is 2.46. The molecule has 0 radical (unpaired) electrons. The molecule has 2 heterocycles. The summed E-state index contributed by atoms with van der Waals surface area (Å²) in [6.45, 7) is 5.71. The second-order valence-electron chi connectivity index (χ2n) is 5.42. The van der Waals surface area contributed by atoms with Crippen molar-refractivity contribution in [2.45, 2.75) is 32.6 Å². The molecule has 0 bridgehead atoms. The molecule has 1 fully saturated rings. The van der Waals surface area contributed by atoms with Crippen molar-refractivity contribution in [2.24, 2.45) is 17.5 Å². The first-order valence-electron chi connectivity index (χ1n) is 6.90. The highest BCUT2D eigenvalue weighted by Crippen LogP contribution is 2.32. The summed E-state index contributed by atoms with van der Waals surface area (Å²) in [6.07, 6.45) is 3.04. The van der Waals surface area contributed by atoms with E-state index in [2.05, 4.69) is 34.1 Å². The summed E-state index contributed by atoms with van der Waals surface area (Å²) in [5, 5.41) is 0. The van der Waals surface area contributed by atoms with Crippen LogP contribution < -0.4 is 21.9 Å². The van der Waals surface area contributed by atoms with Crippen molar-refractivity contribution in [1.82, 2.24) is 9.97 Å². The van der Waals surface area contributed by atoms with Gasteiger partial charge in [-0.15, -0.1) is 0 Å². The van der Waals surface area contributed by atoms with Crippen LogP contribution in [0.4, 0.5) is 11.6 Å². The molecule has 110 valence electrons. The first-order valence-corrected chi connectivity index (χ1v) is 6.90. The van der Waals surface area contributed by atoms with Crippen LogP contribution in [0.1, 0.15) is 38.2 Å². The van der Waals surface area contributed by atoms with E-state index in [0.29, 0.717) is 5.82 Å². The molecular weight excluding hydrogens is 256 g/mol. The number of nitrogen functional groups attached to an aromatic ring is 1. The first-order chi connectivity index (χ1) is 9.54. The van der Waals surface area contributed by atoms with Gasteiger partial charge in [0.25, 0.3) is 0 Å². The Hall–Kier alpha value is -1.89. The fraction of sp³-hybridized carbons (Fsp3) is 0.615. The number of carbonyl (C=O) groups is 1. The number of primary amides is 1. The maximum Gasteiger partial charge on any atom is 0.220 e. The van der Waals surface area contributed by atoms with Gasteiger partial charge in [0.05, 0.1) is 0 Å². The number of piperidine rings is 1. The maximum atomic E-state index is 11.2. The summed E-state index contributed by atoms with van der Waals surface area (Å²) in [4.78, 5) is 22.0. The van der Waals surface area contributed by atoms with Crippen LogP contribution in [0.15, 0.2) is 6.33 Å². The fourth-order valence-corrected chi connectivity index (χ4v) is 2.66. The van der Waals surface area contributed by atoms with Crippen LogP contribution in [0.2, 0.25) is 0 Å². The molecular formula is C13H22N6O. The summed E-state index contributed by atoms with van der Waals surface area (Å²) in [7, 11) is 0. The molecule has 0 spiro atoms. The van der Waals surface area contributed by atoms with E-state index in [4.69, 9.17) is 11.6 Å². The molecule has 0 saturated carbocycles. The second kappa shape index (κ2) is 6.04. The second-order valence-corrected chi connectivity index (χ2v) is 5.42. The monoisotopic (exact) mass is 278 g/mol. The quantitative estimate of drug-likeness (QED) is 0.549. The van der Waals surface area contributed by atoms with Crippen molar-refractivity contribution in [3.05, 3.63) is 11.9 Å². The number of aromatic nitrogens is 2. The zero-order valence-electron chi connectivity index (χ0n) is 12.0. The Labute approximate surface area is 118 Å². The molecule has 0 unspecified atom stereocenters. The predicted octanol–water partition coefficient (Wildman–Crippen LogP) is 0.587. The lowest BCUT2D eigenvalue weighted by Crippen LogP contribution is -2.39. The van der Waals surface area contributed by atoms with E-state index < -0.39 is 0 Å². The molecule has 0 aliphatic carbocycles. The van der Waals surface area contributed by atoms with Gasteiger partial charge in [-0.05, 0) is 18.8 Å². The van der Waals surface area contributed by atoms with E-state index in [1.807, 2.05) is 0 Å². The van der Waals surface area contributed by atoms with Gasteiger partial charge in [-0.25, -0.2) is 15.8 Å². The number of nitrogens with two attached hydrogens (primary N) is 2. The molecule has 7 heteroatoms. The number of hydrogen-bond donors (Lipinski definition) is 3. The molecule has 1 aromatic heterocycles. The molecule has 1 amide bonds. The summed E-state index contributed by atoms with van der Waals surface area (Å²) in [5.41, 5.74) is 9.00. The Bertz CT molecular complexity index is 482. The number of amides is 1. The normalized spacial score (nSPS) is 16.5. The van der Waals surface area contributed by atoms with E-state index in [-0.39, 0.29) is 17.7 Å². The van der Waals surface area contributed by atoms with Crippen molar-refractivity contribution >= 4 is 17.5 Å². The van der Waals surface area contributed by atoms with Gasteiger partial charge in [0, 0.05) is 24.6 Å². The van der Waals surface area contributed by atoms with Gasteiger partial charge in [-0.2, -0.15) is 0 Å². The number of carbonyl (C=O) groups excluding carboxylic acids is 1. The van der Waals surface area contributed by atoms with E-state index in [0.717, 1.165) is 37.3 Å². The first kappa shape index (κ1) is 14.5. The molecule has 20 heavy (non-hydrogen) atoms. The Morgan fingerprint density at radius 1 is 1.40 bits per heavy atom. The SMILES string of the molecule is CC(C)c1c(NN)ncnc1N1CCC(C(N)=O)CC1.